The van der Waals surface area contributed by atoms with E-state index in [0.717, 1.165) is 30.5 Å². The zero-order valence-corrected chi connectivity index (χ0v) is 10.8. The summed E-state index contributed by atoms with van der Waals surface area (Å²) >= 11 is 3.56. The molecule has 0 aliphatic carbocycles. The summed E-state index contributed by atoms with van der Waals surface area (Å²) in [4.78, 5) is 4.63. The van der Waals surface area contributed by atoms with Crippen LogP contribution in [0.15, 0.2) is 4.60 Å². The third kappa shape index (κ3) is 2.11. The molecule has 0 radical (unpaired) electrons. The summed E-state index contributed by atoms with van der Waals surface area (Å²) in [5.74, 6) is 1.68. The topological polar surface area (TPSA) is 43.8 Å². The van der Waals surface area contributed by atoms with Crippen molar-refractivity contribution in [1.82, 2.24) is 9.55 Å². The maximum absolute atomic E-state index is 5.60. The second kappa shape index (κ2) is 4.66. The normalized spacial score (nSPS) is 17.5. The van der Waals surface area contributed by atoms with Crippen molar-refractivity contribution in [1.29, 1.82) is 0 Å². The molecule has 15 heavy (non-hydrogen) atoms. The van der Waals surface area contributed by atoms with Gasteiger partial charge in [0, 0.05) is 12.5 Å². The summed E-state index contributed by atoms with van der Waals surface area (Å²) in [6.07, 6.45) is 4.74. The lowest BCUT2D eigenvalue weighted by Gasteiger charge is -2.19. The Morgan fingerprint density at radius 2 is 2.33 bits per heavy atom. The van der Waals surface area contributed by atoms with Gasteiger partial charge in [0.2, 0.25) is 0 Å². The molecule has 0 saturated heterocycles. The number of hydrogen-bond donors (Lipinski definition) is 1. The van der Waals surface area contributed by atoms with Gasteiger partial charge in [-0.15, -0.1) is 0 Å². The smallest absolute Gasteiger partial charge is 0.127 e. The van der Waals surface area contributed by atoms with Crippen molar-refractivity contribution >= 4 is 15.9 Å². The molecule has 1 aromatic rings. The van der Waals surface area contributed by atoms with Gasteiger partial charge in [0.15, 0.2) is 0 Å². The maximum Gasteiger partial charge on any atom is 0.127 e. The quantitative estimate of drug-likeness (QED) is 0.918. The predicted octanol–water partition coefficient (Wildman–Crippen LogP) is 2.43. The molecule has 1 aliphatic rings. The van der Waals surface area contributed by atoms with Crippen molar-refractivity contribution in [2.24, 2.45) is 5.73 Å². The molecular formula is C11H18BrN3. The van der Waals surface area contributed by atoms with Crippen LogP contribution in [0.25, 0.3) is 0 Å². The summed E-state index contributed by atoms with van der Waals surface area (Å²) in [6.45, 7) is 4.07. The van der Waals surface area contributed by atoms with Gasteiger partial charge in [0.25, 0.3) is 0 Å². The lowest BCUT2D eigenvalue weighted by atomic mass is 10.1. The highest BCUT2D eigenvalue weighted by Gasteiger charge is 2.21. The van der Waals surface area contributed by atoms with Gasteiger partial charge in [-0.3, -0.25) is 0 Å². The largest absolute Gasteiger partial charge is 0.331 e. The molecule has 1 unspecified atom stereocenters. The Morgan fingerprint density at radius 3 is 3.07 bits per heavy atom. The van der Waals surface area contributed by atoms with E-state index in [-0.39, 0.29) is 0 Å². The van der Waals surface area contributed by atoms with E-state index < -0.39 is 0 Å². The van der Waals surface area contributed by atoms with E-state index in [4.69, 9.17) is 5.73 Å². The fourth-order valence-corrected chi connectivity index (χ4v) is 2.87. The lowest BCUT2D eigenvalue weighted by Crippen LogP contribution is -2.16. The standard InChI is InChI=1S/C11H18BrN3/c1-8(5-6-13)11-14-10(12)9-4-2-3-7-15(9)11/h8H,2-7,13H2,1H3. The van der Waals surface area contributed by atoms with Crippen molar-refractivity contribution in [3.8, 4) is 0 Å². The van der Waals surface area contributed by atoms with E-state index >= 15 is 0 Å². The Kier molecular flexibility index (Phi) is 3.46. The van der Waals surface area contributed by atoms with Crippen molar-refractivity contribution in [3.63, 3.8) is 0 Å². The molecule has 0 bridgehead atoms. The van der Waals surface area contributed by atoms with Crippen LogP contribution in [0.4, 0.5) is 0 Å². The van der Waals surface area contributed by atoms with Crippen LogP contribution in [0.1, 0.15) is 43.6 Å². The summed E-state index contributed by atoms with van der Waals surface area (Å²) < 4.78 is 3.43. The minimum absolute atomic E-state index is 0.471. The monoisotopic (exact) mass is 271 g/mol. The first-order valence-corrected chi connectivity index (χ1v) is 6.48. The summed E-state index contributed by atoms with van der Waals surface area (Å²) in [5.41, 5.74) is 6.98. The van der Waals surface area contributed by atoms with Crippen molar-refractivity contribution in [2.75, 3.05) is 6.54 Å². The second-order valence-corrected chi connectivity index (χ2v) is 5.05. The molecule has 84 valence electrons. The predicted molar refractivity (Wildman–Crippen MR) is 65.0 cm³/mol. The molecule has 3 nitrogen and oxygen atoms in total. The molecule has 0 saturated carbocycles. The summed E-state index contributed by atoms with van der Waals surface area (Å²) in [6, 6.07) is 0. The molecule has 1 atom stereocenters. The van der Waals surface area contributed by atoms with Crippen molar-refractivity contribution < 1.29 is 0 Å². The number of hydrogen-bond acceptors (Lipinski definition) is 2. The molecular weight excluding hydrogens is 254 g/mol. The Labute approximate surface area is 99.2 Å². The molecule has 2 rings (SSSR count). The average molecular weight is 272 g/mol. The Morgan fingerprint density at radius 1 is 1.53 bits per heavy atom. The van der Waals surface area contributed by atoms with Crippen molar-refractivity contribution in [3.05, 3.63) is 16.1 Å². The van der Waals surface area contributed by atoms with Gasteiger partial charge in [-0.25, -0.2) is 4.98 Å². The van der Waals surface area contributed by atoms with Gasteiger partial charge in [-0.05, 0) is 48.2 Å². The van der Waals surface area contributed by atoms with E-state index in [1.165, 1.54) is 24.4 Å². The van der Waals surface area contributed by atoms with E-state index in [9.17, 15) is 0 Å². The number of fused-ring (bicyclic) bond motifs is 1. The van der Waals surface area contributed by atoms with Crippen LogP contribution in [0, 0.1) is 0 Å². The second-order valence-electron chi connectivity index (χ2n) is 4.29. The Hall–Kier alpha value is -0.350. The molecule has 4 heteroatoms. The highest BCUT2D eigenvalue weighted by molar-refractivity contribution is 9.10. The molecule has 0 fully saturated rings. The number of imidazole rings is 1. The van der Waals surface area contributed by atoms with Crippen LogP contribution in [0.5, 0.6) is 0 Å². The highest BCUT2D eigenvalue weighted by Crippen LogP contribution is 2.29. The van der Waals surface area contributed by atoms with E-state index in [1.807, 2.05) is 0 Å². The molecule has 0 aromatic carbocycles. The minimum Gasteiger partial charge on any atom is -0.331 e. The number of rotatable bonds is 3. The first-order chi connectivity index (χ1) is 7.24. The van der Waals surface area contributed by atoms with Crippen molar-refractivity contribution in [2.45, 2.75) is 45.1 Å². The van der Waals surface area contributed by atoms with Crippen LogP contribution in [-0.4, -0.2) is 16.1 Å². The first-order valence-electron chi connectivity index (χ1n) is 5.69. The molecule has 1 aliphatic heterocycles. The zero-order chi connectivity index (χ0) is 10.8. The molecule has 0 spiro atoms. The van der Waals surface area contributed by atoms with Crippen LogP contribution in [-0.2, 0) is 13.0 Å². The summed E-state index contributed by atoms with van der Waals surface area (Å²) in [5, 5.41) is 0. The molecule has 2 heterocycles. The fraction of sp³-hybridized carbons (Fsp3) is 0.727. The van der Waals surface area contributed by atoms with Gasteiger partial charge >= 0.3 is 0 Å². The average Bonchev–Trinajstić information content (AvgIpc) is 2.58. The number of nitrogens with two attached hydrogens (primary N) is 1. The van der Waals surface area contributed by atoms with Crippen LogP contribution in [0.3, 0.4) is 0 Å². The number of aromatic nitrogens is 2. The van der Waals surface area contributed by atoms with E-state index in [2.05, 4.69) is 32.4 Å². The third-order valence-electron chi connectivity index (χ3n) is 3.14. The molecule has 1 aromatic heterocycles. The number of halogens is 1. The first kappa shape index (κ1) is 11.1. The Balaban J connectivity index is 2.31. The van der Waals surface area contributed by atoms with Gasteiger partial charge in [0.05, 0.1) is 5.69 Å². The Bertz CT molecular complexity index is 346. The van der Waals surface area contributed by atoms with Gasteiger partial charge in [-0.1, -0.05) is 6.92 Å². The van der Waals surface area contributed by atoms with Crippen LogP contribution >= 0.6 is 15.9 Å². The van der Waals surface area contributed by atoms with Gasteiger partial charge in [0.1, 0.15) is 10.4 Å². The maximum atomic E-state index is 5.60. The van der Waals surface area contributed by atoms with E-state index in [1.54, 1.807) is 0 Å². The lowest BCUT2D eigenvalue weighted by molar-refractivity contribution is 0.492. The van der Waals surface area contributed by atoms with Gasteiger partial charge in [-0.2, -0.15) is 0 Å². The molecule has 2 N–H and O–H groups in total. The fourth-order valence-electron chi connectivity index (χ4n) is 2.28. The van der Waals surface area contributed by atoms with Gasteiger partial charge < -0.3 is 10.3 Å². The zero-order valence-electron chi connectivity index (χ0n) is 9.17. The molecule has 0 amide bonds. The summed E-state index contributed by atoms with van der Waals surface area (Å²) in [7, 11) is 0. The third-order valence-corrected chi connectivity index (χ3v) is 3.77. The van der Waals surface area contributed by atoms with E-state index in [0.29, 0.717) is 5.92 Å². The number of nitrogens with zero attached hydrogens (tertiary/aromatic N) is 2. The SMILES string of the molecule is CC(CCN)c1nc(Br)c2n1CCCC2. The van der Waals surface area contributed by atoms with Crippen LogP contribution < -0.4 is 5.73 Å². The van der Waals surface area contributed by atoms with Crippen LogP contribution in [0.2, 0.25) is 0 Å². The highest BCUT2D eigenvalue weighted by atomic mass is 79.9. The minimum atomic E-state index is 0.471.